The third-order valence-corrected chi connectivity index (χ3v) is 5.00. The average Bonchev–Trinajstić information content (AvgIpc) is 3.46. The van der Waals surface area contributed by atoms with Crippen molar-refractivity contribution in [3.8, 4) is 11.8 Å². The summed E-state index contributed by atoms with van der Waals surface area (Å²) in [5.74, 6) is -1.03. The second kappa shape index (κ2) is 8.41. The molecule has 3 heterocycles. The number of hydrogen-bond donors (Lipinski definition) is 0. The zero-order valence-electron chi connectivity index (χ0n) is 16.8. The first-order valence-electron chi connectivity index (χ1n) is 9.43. The first kappa shape index (κ1) is 23.2. The highest BCUT2D eigenvalue weighted by Gasteiger charge is 2.40. The first-order chi connectivity index (χ1) is 16.0. The smallest absolute Gasteiger partial charge is 0.358 e. The third kappa shape index (κ3) is 4.29. The Morgan fingerprint density at radius 2 is 1.79 bits per heavy atom. The van der Waals surface area contributed by atoms with Gasteiger partial charge < -0.3 is 9.64 Å². The van der Waals surface area contributed by atoms with Gasteiger partial charge in [-0.1, -0.05) is 0 Å². The largest absolute Gasteiger partial charge is 0.416 e. The summed E-state index contributed by atoms with van der Waals surface area (Å²) in [5.41, 5.74) is -3.64. The van der Waals surface area contributed by atoms with E-state index in [4.69, 9.17) is 4.74 Å². The van der Waals surface area contributed by atoms with E-state index >= 15 is 0 Å². The van der Waals surface area contributed by atoms with Crippen LogP contribution in [0, 0.1) is 11.3 Å². The summed E-state index contributed by atoms with van der Waals surface area (Å²) in [6.45, 7) is -0.558. The minimum absolute atomic E-state index is 0.0573. The maximum Gasteiger partial charge on any atom is 0.416 e. The summed E-state index contributed by atoms with van der Waals surface area (Å²) in [7, 11) is 0. The summed E-state index contributed by atoms with van der Waals surface area (Å²) in [6, 6.07) is 3.04. The van der Waals surface area contributed by atoms with Crippen molar-refractivity contribution in [1.29, 1.82) is 5.26 Å². The lowest BCUT2D eigenvalue weighted by atomic mass is 10.0. The van der Waals surface area contributed by atoms with E-state index in [9.17, 15) is 36.4 Å². The van der Waals surface area contributed by atoms with Crippen molar-refractivity contribution in [2.24, 2.45) is 0 Å². The molecule has 0 radical (unpaired) electrons. The summed E-state index contributed by atoms with van der Waals surface area (Å²) in [4.78, 5) is 21.9. The van der Waals surface area contributed by atoms with Crippen LogP contribution in [0.5, 0.6) is 0 Å². The minimum atomic E-state index is -5.10. The van der Waals surface area contributed by atoms with Crippen molar-refractivity contribution in [2.45, 2.75) is 18.4 Å². The van der Waals surface area contributed by atoms with Crippen LogP contribution in [0.25, 0.3) is 5.69 Å². The third-order valence-electron chi connectivity index (χ3n) is 5.00. The van der Waals surface area contributed by atoms with E-state index in [2.05, 4.69) is 15.1 Å². The molecule has 1 saturated heterocycles. The summed E-state index contributed by atoms with van der Waals surface area (Å²) in [5, 5.41) is 13.4. The Hall–Kier alpha value is -3.99. The topological polar surface area (TPSA) is 96.9 Å². The van der Waals surface area contributed by atoms with Crippen LogP contribution >= 0.6 is 0 Å². The van der Waals surface area contributed by atoms with Crippen LogP contribution < -0.4 is 0 Å². The van der Waals surface area contributed by atoms with Crippen molar-refractivity contribution in [3.05, 3.63) is 71.1 Å². The molecule has 8 nitrogen and oxygen atoms in total. The van der Waals surface area contributed by atoms with Gasteiger partial charge in [-0.05, 0) is 24.3 Å². The zero-order chi connectivity index (χ0) is 24.7. The van der Waals surface area contributed by atoms with E-state index in [0.29, 0.717) is 12.1 Å². The fourth-order valence-electron chi connectivity index (χ4n) is 3.42. The molecule has 4 rings (SSSR count). The van der Waals surface area contributed by atoms with Gasteiger partial charge in [-0.3, -0.25) is 9.78 Å². The van der Waals surface area contributed by atoms with E-state index in [1.54, 1.807) is 0 Å². The molecule has 176 valence electrons. The Balaban J connectivity index is 1.75. The first-order valence-corrected chi connectivity index (χ1v) is 9.43. The van der Waals surface area contributed by atoms with Gasteiger partial charge in [0.05, 0.1) is 29.0 Å². The van der Waals surface area contributed by atoms with Crippen LogP contribution in [0.1, 0.15) is 38.9 Å². The summed E-state index contributed by atoms with van der Waals surface area (Å²) < 4.78 is 85.8. The maximum absolute atomic E-state index is 13.2. The van der Waals surface area contributed by atoms with Gasteiger partial charge in [-0.25, -0.2) is 9.67 Å². The molecule has 0 saturated carbocycles. The normalized spacial score (nSPS) is 16.5. The molecule has 2 aromatic heterocycles. The molecule has 0 spiro atoms. The molecule has 1 aliphatic rings. The number of benzene rings is 1. The fourth-order valence-corrected chi connectivity index (χ4v) is 3.42. The quantitative estimate of drug-likeness (QED) is 0.528. The number of carbonyl (C=O) groups is 1. The molecule has 1 unspecified atom stereocenters. The predicted molar refractivity (Wildman–Crippen MR) is 100 cm³/mol. The van der Waals surface area contributed by atoms with Crippen molar-refractivity contribution < 1.29 is 35.9 Å². The van der Waals surface area contributed by atoms with Gasteiger partial charge in [0.25, 0.3) is 5.91 Å². The number of hydrogen-bond acceptors (Lipinski definition) is 6. The Bertz CT molecular complexity index is 1250. The molecule has 1 fully saturated rings. The standard InChI is InChI=1S/C20H12F6N6O2/c21-19(22,23)13-3-11(4-14(5-13)20(24,25)26)18(33)31-10-34-8-16(31)17-29-9-30-32(17)15-1-2-28-7-12(15)6-27/h1-5,7,9,16H,8,10H2. The highest BCUT2D eigenvalue weighted by molar-refractivity contribution is 5.95. The number of nitrogens with zero attached hydrogens (tertiary/aromatic N) is 6. The fraction of sp³-hybridized carbons (Fsp3) is 0.250. The number of nitriles is 1. The number of aromatic nitrogens is 4. The number of ether oxygens (including phenoxy) is 1. The molecule has 0 N–H and O–H groups in total. The second-order valence-corrected chi connectivity index (χ2v) is 7.12. The number of pyridine rings is 1. The lowest BCUT2D eigenvalue weighted by molar-refractivity contribution is -0.143. The second-order valence-electron chi connectivity index (χ2n) is 7.12. The van der Waals surface area contributed by atoms with Gasteiger partial charge in [0.2, 0.25) is 0 Å². The highest BCUT2D eigenvalue weighted by atomic mass is 19.4. The molecule has 1 aromatic carbocycles. The van der Waals surface area contributed by atoms with Gasteiger partial charge >= 0.3 is 12.4 Å². The zero-order valence-corrected chi connectivity index (χ0v) is 16.8. The molecule has 0 aliphatic carbocycles. The highest BCUT2D eigenvalue weighted by Crippen LogP contribution is 2.37. The van der Waals surface area contributed by atoms with Crippen LogP contribution in [0.4, 0.5) is 26.3 Å². The van der Waals surface area contributed by atoms with Gasteiger partial charge in [0.15, 0.2) is 5.82 Å². The van der Waals surface area contributed by atoms with E-state index in [-0.39, 0.29) is 29.7 Å². The number of rotatable bonds is 3. The van der Waals surface area contributed by atoms with Crippen molar-refractivity contribution in [1.82, 2.24) is 24.6 Å². The van der Waals surface area contributed by atoms with Crippen molar-refractivity contribution in [3.63, 3.8) is 0 Å². The monoisotopic (exact) mass is 482 g/mol. The summed E-state index contributed by atoms with van der Waals surface area (Å²) in [6.07, 6.45) is -6.42. The van der Waals surface area contributed by atoms with Crippen molar-refractivity contribution in [2.75, 3.05) is 13.3 Å². The lowest BCUT2D eigenvalue weighted by Crippen LogP contribution is -2.33. The van der Waals surface area contributed by atoms with E-state index in [0.717, 1.165) is 11.2 Å². The minimum Gasteiger partial charge on any atom is -0.358 e. The Labute approximate surface area is 187 Å². The van der Waals surface area contributed by atoms with Gasteiger partial charge in [-0.2, -0.15) is 36.7 Å². The number of amides is 1. The van der Waals surface area contributed by atoms with Gasteiger partial charge in [0, 0.05) is 18.0 Å². The molecular weight excluding hydrogens is 470 g/mol. The number of halogens is 6. The molecule has 0 bridgehead atoms. The molecule has 14 heteroatoms. The van der Waals surface area contributed by atoms with Crippen LogP contribution in [0.3, 0.4) is 0 Å². The average molecular weight is 482 g/mol. The molecule has 1 atom stereocenters. The molecule has 34 heavy (non-hydrogen) atoms. The van der Waals surface area contributed by atoms with E-state index in [1.165, 1.54) is 23.1 Å². The van der Waals surface area contributed by atoms with E-state index in [1.807, 2.05) is 6.07 Å². The number of carbonyl (C=O) groups excluding carboxylic acids is 1. The number of alkyl halides is 6. The Morgan fingerprint density at radius 3 is 2.41 bits per heavy atom. The van der Waals surface area contributed by atoms with Crippen LogP contribution in [0.15, 0.2) is 43.0 Å². The van der Waals surface area contributed by atoms with Crippen LogP contribution in [0.2, 0.25) is 0 Å². The molecule has 3 aromatic rings. The SMILES string of the molecule is N#Cc1cnccc1-n1ncnc1C1COCN1C(=O)c1cc(C(F)(F)F)cc(C(F)(F)F)c1. The van der Waals surface area contributed by atoms with Crippen LogP contribution in [-0.2, 0) is 17.1 Å². The van der Waals surface area contributed by atoms with Gasteiger partial charge in [0.1, 0.15) is 25.2 Å². The van der Waals surface area contributed by atoms with Gasteiger partial charge in [-0.15, -0.1) is 0 Å². The lowest BCUT2D eigenvalue weighted by Gasteiger charge is -2.23. The Kier molecular flexibility index (Phi) is 5.74. The molecule has 1 amide bonds. The predicted octanol–water partition coefficient (Wildman–Crippen LogP) is 3.74. The van der Waals surface area contributed by atoms with E-state index < -0.39 is 47.7 Å². The van der Waals surface area contributed by atoms with Crippen LogP contribution in [-0.4, -0.2) is 43.9 Å². The van der Waals surface area contributed by atoms with Crippen molar-refractivity contribution >= 4 is 5.91 Å². The maximum atomic E-state index is 13.2. The Morgan fingerprint density at radius 1 is 1.12 bits per heavy atom. The molecule has 1 aliphatic heterocycles. The molecular formula is C20H12F6N6O2. The summed E-state index contributed by atoms with van der Waals surface area (Å²) >= 11 is 0.